The Bertz CT molecular complexity index is 798. The Balaban J connectivity index is 1.38. The first-order valence-corrected chi connectivity index (χ1v) is 11.4. The number of benzene rings is 2. The summed E-state index contributed by atoms with van der Waals surface area (Å²) in [5.74, 6) is 0.921. The predicted molar refractivity (Wildman–Crippen MR) is 129 cm³/mol. The van der Waals surface area contributed by atoms with Crippen molar-refractivity contribution in [2.75, 3.05) is 59.3 Å². The molecule has 3 rings (SSSR count). The van der Waals surface area contributed by atoms with Crippen LogP contribution in [0.4, 0.5) is 5.69 Å². The smallest absolute Gasteiger partial charge is 0.236 e. The van der Waals surface area contributed by atoms with Crippen LogP contribution in [-0.2, 0) is 17.9 Å². The van der Waals surface area contributed by atoms with Gasteiger partial charge in [-0.3, -0.25) is 9.69 Å². The molecule has 0 N–H and O–H groups in total. The molecule has 0 bridgehead atoms. The molecule has 1 aliphatic rings. The van der Waals surface area contributed by atoms with E-state index in [0.29, 0.717) is 19.0 Å². The maximum Gasteiger partial charge on any atom is 0.236 e. The SMILES string of the molecule is CN(Cc1ccccc1)CC1CCN(CC(=O)N(C)Cc2ccc(N(C)C)cc2)CC1. The number of nitrogens with zero attached hydrogens (tertiary/aromatic N) is 4. The molecule has 1 heterocycles. The van der Waals surface area contributed by atoms with E-state index in [1.54, 1.807) is 0 Å². The molecule has 1 amide bonds. The van der Waals surface area contributed by atoms with Crippen LogP contribution in [0.3, 0.4) is 0 Å². The lowest BCUT2D eigenvalue weighted by molar-refractivity contribution is -0.132. The van der Waals surface area contributed by atoms with Crippen LogP contribution >= 0.6 is 0 Å². The fourth-order valence-corrected chi connectivity index (χ4v) is 4.30. The number of likely N-dealkylation sites (tertiary alicyclic amines) is 1. The lowest BCUT2D eigenvalue weighted by Crippen LogP contribution is -2.43. The zero-order valence-electron chi connectivity index (χ0n) is 19.6. The standard InChI is InChI=1S/C26H38N4O/c1-27(2)25-12-10-23(11-13-25)20-29(4)26(31)21-30-16-14-24(15-17-30)19-28(3)18-22-8-6-5-7-9-22/h5-13,24H,14-21H2,1-4H3. The van der Waals surface area contributed by atoms with E-state index >= 15 is 0 Å². The third-order valence-electron chi connectivity index (χ3n) is 6.23. The Morgan fingerprint density at radius 2 is 1.48 bits per heavy atom. The second-order valence-corrected chi connectivity index (χ2v) is 9.21. The number of likely N-dealkylation sites (N-methyl/N-ethyl adjacent to an activating group) is 1. The minimum Gasteiger partial charge on any atom is -0.378 e. The van der Waals surface area contributed by atoms with Gasteiger partial charge in [-0.2, -0.15) is 0 Å². The van der Waals surface area contributed by atoms with Crippen LogP contribution in [-0.4, -0.2) is 75.0 Å². The topological polar surface area (TPSA) is 30.0 Å². The van der Waals surface area contributed by atoms with E-state index in [1.165, 1.54) is 29.7 Å². The molecule has 5 heteroatoms. The van der Waals surface area contributed by atoms with E-state index in [9.17, 15) is 4.79 Å². The van der Waals surface area contributed by atoms with Crippen molar-refractivity contribution in [3.8, 4) is 0 Å². The van der Waals surface area contributed by atoms with E-state index in [1.807, 2.05) is 26.0 Å². The second-order valence-electron chi connectivity index (χ2n) is 9.21. The van der Waals surface area contributed by atoms with Gasteiger partial charge in [0.05, 0.1) is 6.54 Å². The molecule has 0 atom stereocenters. The lowest BCUT2D eigenvalue weighted by Gasteiger charge is -2.34. The minimum atomic E-state index is 0.205. The largest absolute Gasteiger partial charge is 0.378 e. The van der Waals surface area contributed by atoms with Gasteiger partial charge >= 0.3 is 0 Å². The number of carbonyl (C=O) groups is 1. The Morgan fingerprint density at radius 1 is 0.871 bits per heavy atom. The first kappa shape index (κ1) is 23.3. The summed E-state index contributed by atoms with van der Waals surface area (Å²) in [4.78, 5) is 21.4. The Kier molecular flexibility index (Phi) is 8.50. The van der Waals surface area contributed by atoms with E-state index in [4.69, 9.17) is 0 Å². The maximum absolute atomic E-state index is 12.7. The van der Waals surface area contributed by atoms with Crippen LogP contribution in [0.15, 0.2) is 54.6 Å². The number of hydrogen-bond acceptors (Lipinski definition) is 4. The van der Waals surface area contributed by atoms with Crippen molar-refractivity contribution < 1.29 is 4.79 Å². The zero-order valence-corrected chi connectivity index (χ0v) is 19.6. The van der Waals surface area contributed by atoms with E-state index in [2.05, 4.69) is 76.3 Å². The number of carbonyl (C=O) groups excluding carboxylic acids is 1. The molecule has 0 saturated carbocycles. The van der Waals surface area contributed by atoms with Crippen LogP contribution in [0.5, 0.6) is 0 Å². The number of amides is 1. The normalized spacial score (nSPS) is 15.3. The molecule has 1 aliphatic heterocycles. The highest BCUT2D eigenvalue weighted by Crippen LogP contribution is 2.19. The van der Waals surface area contributed by atoms with Crippen molar-refractivity contribution in [2.45, 2.75) is 25.9 Å². The van der Waals surface area contributed by atoms with Gasteiger partial charge in [0, 0.05) is 46.5 Å². The molecule has 0 spiro atoms. The Morgan fingerprint density at radius 3 is 2.10 bits per heavy atom. The first-order valence-electron chi connectivity index (χ1n) is 11.4. The van der Waals surface area contributed by atoms with Gasteiger partial charge in [0.15, 0.2) is 0 Å². The number of hydrogen-bond donors (Lipinski definition) is 0. The molecule has 0 aliphatic carbocycles. The first-order chi connectivity index (χ1) is 14.9. The van der Waals surface area contributed by atoms with Gasteiger partial charge < -0.3 is 14.7 Å². The van der Waals surface area contributed by atoms with E-state index in [0.717, 1.165) is 26.2 Å². The highest BCUT2D eigenvalue weighted by Gasteiger charge is 2.23. The monoisotopic (exact) mass is 422 g/mol. The van der Waals surface area contributed by atoms with Gasteiger partial charge in [-0.1, -0.05) is 42.5 Å². The van der Waals surface area contributed by atoms with Crippen LogP contribution in [0.2, 0.25) is 0 Å². The molecular formula is C26H38N4O. The summed E-state index contributed by atoms with van der Waals surface area (Å²) in [6.45, 7) is 5.34. The van der Waals surface area contributed by atoms with Crippen molar-refractivity contribution in [2.24, 2.45) is 5.92 Å². The molecule has 0 unspecified atom stereocenters. The van der Waals surface area contributed by atoms with Crippen molar-refractivity contribution in [3.63, 3.8) is 0 Å². The summed E-state index contributed by atoms with van der Waals surface area (Å²) in [6.07, 6.45) is 2.34. The fourth-order valence-electron chi connectivity index (χ4n) is 4.30. The predicted octanol–water partition coefficient (Wildman–Crippen LogP) is 3.56. The van der Waals surface area contributed by atoms with Crippen LogP contribution in [0.1, 0.15) is 24.0 Å². The average molecular weight is 423 g/mol. The van der Waals surface area contributed by atoms with Gasteiger partial charge in [-0.25, -0.2) is 0 Å². The second kappa shape index (κ2) is 11.3. The fraction of sp³-hybridized carbons (Fsp3) is 0.500. The van der Waals surface area contributed by atoms with Crippen molar-refractivity contribution in [1.82, 2.24) is 14.7 Å². The third kappa shape index (κ3) is 7.37. The zero-order chi connectivity index (χ0) is 22.2. The quantitative estimate of drug-likeness (QED) is 0.618. The summed E-state index contributed by atoms with van der Waals surface area (Å²) < 4.78 is 0. The average Bonchev–Trinajstić information content (AvgIpc) is 2.76. The van der Waals surface area contributed by atoms with Gasteiger partial charge in [0.25, 0.3) is 0 Å². The molecule has 168 valence electrons. The highest BCUT2D eigenvalue weighted by atomic mass is 16.2. The highest BCUT2D eigenvalue weighted by molar-refractivity contribution is 5.78. The van der Waals surface area contributed by atoms with Crippen molar-refractivity contribution in [3.05, 3.63) is 65.7 Å². The molecule has 1 saturated heterocycles. The van der Waals surface area contributed by atoms with Crippen molar-refractivity contribution >= 4 is 11.6 Å². The van der Waals surface area contributed by atoms with Gasteiger partial charge in [-0.05, 0) is 62.2 Å². The molecule has 0 aromatic heterocycles. The van der Waals surface area contributed by atoms with Crippen LogP contribution < -0.4 is 4.90 Å². The van der Waals surface area contributed by atoms with Crippen LogP contribution in [0.25, 0.3) is 0 Å². The van der Waals surface area contributed by atoms with Crippen molar-refractivity contribution in [1.29, 1.82) is 0 Å². The van der Waals surface area contributed by atoms with E-state index < -0.39 is 0 Å². The van der Waals surface area contributed by atoms with Gasteiger partial charge in [-0.15, -0.1) is 0 Å². The third-order valence-corrected chi connectivity index (χ3v) is 6.23. The van der Waals surface area contributed by atoms with Gasteiger partial charge in [0.1, 0.15) is 0 Å². The maximum atomic E-state index is 12.7. The summed E-state index contributed by atoms with van der Waals surface area (Å²) in [7, 11) is 8.20. The lowest BCUT2D eigenvalue weighted by atomic mass is 9.96. The summed E-state index contributed by atoms with van der Waals surface area (Å²) >= 11 is 0. The molecule has 2 aromatic carbocycles. The summed E-state index contributed by atoms with van der Waals surface area (Å²) in [5.41, 5.74) is 3.71. The number of anilines is 1. The molecule has 5 nitrogen and oxygen atoms in total. The molecule has 2 aromatic rings. The molecule has 31 heavy (non-hydrogen) atoms. The summed E-state index contributed by atoms with van der Waals surface area (Å²) in [5, 5.41) is 0. The molecule has 0 radical (unpaired) electrons. The minimum absolute atomic E-state index is 0.205. The number of rotatable bonds is 9. The van der Waals surface area contributed by atoms with Crippen LogP contribution in [0, 0.1) is 5.92 Å². The Hall–Kier alpha value is -2.37. The number of piperidine rings is 1. The summed E-state index contributed by atoms with van der Waals surface area (Å²) in [6, 6.07) is 19.1. The van der Waals surface area contributed by atoms with Gasteiger partial charge in [0.2, 0.25) is 5.91 Å². The van der Waals surface area contributed by atoms with E-state index in [-0.39, 0.29) is 5.91 Å². The molecular weight excluding hydrogens is 384 g/mol. The molecule has 1 fully saturated rings. The Labute approximate surface area is 188 Å².